The van der Waals surface area contributed by atoms with Gasteiger partial charge in [-0.3, -0.25) is 0 Å². The van der Waals surface area contributed by atoms with E-state index in [9.17, 15) is 0 Å². The van der Waals surface area contributed by atoms with Crippen LogP contribution in [-0.4, -0.2) is 38.6 Å². The third kappa shape index (κ3) is 5.91. The second-order valence-corrected chi connectivity index (χ2v) is 15.9. The van der Waals surface area contributed by atoms with Gasteiger partial charge >= 0.3 is 0 Å². The van der Waals surface area contributed by atoms with Crippen LogP contribution in [0.5, 0.6) is 5.75 Å². The van der Waals surface area contributed by atoms with Crippen LogP contribution in [0.15, 0.2) is 144 Å². The highest BCUT2D eigenvalue weighted by Gasteiger charge is 2.44. The molecule has 0 saturated heterocycles. The molecule has 0 amide bonds. The molecule has 2 aliphatic heterocycles. The number of likely N-dealkylation sites (N-methyl/N-ethyl adjacent to an activating group) is 1. The molecule has 1 aliphatic carbocycles. The predicted octanol–water partition coefficient (Wildman–Crippen LogP) is 11.6. The van der Waals surface area contributed by atoms with Crippen LogP contribution in [0.2, 0.25) is 0 Å². The maximum atomic E-state index is 6.92. The number of fused-ring (bicyclic) bond motifs is 6. The van der Waals surface area contributed by atoms with Crippen LogP contribution >= 0.6 is 0 Å². The molecule has 5 aromatic carbocycles. The van der Waals surface area contributed by atoms with E-state index in [2.05, 4.69) is 148 Å². The van der Waals surface area contributed by atoms with Gasteiger partial charge in [0.25, 0.3) is 0 Å². The molecule has 8 rings (SSSR count). The van der Waals surface area contributed by atoms with Gasteiger partial charge in [0.05, 0.1) is 5.41 Å². The molecule has 274 valence electrons. The van der Waals surface area contributed by atoms with Gasteiger partial charge in [0, 0.05) is 61.3 Å². The van der Waals surface area contributed by atoms with Crippen LogP contribution in [0.3, 0.4) is 0 Å². The molecule has 5 heteroatoms. The molecule has 0 aromatic heterocycles. The Morgan fingerprint density at radius 1 is 0.704 bits per heavy atom. The average molecular weight is 716 g/mol. The molecule has 54 heavy (non-hydrogen) atoms. The van der Waals surface area contributed by atoms with E-state index < -0.39 is 6.29 Å². The van der Waals surface area contributed by atoms with Gasteiger partial charge in [-0.15, -0.1) is 0 Å². The third-order valence-electron chi connectivity index (χ3n) is 12.0. The van der Waals surface area contributed by atoms with E-state index in [4.69, 9.17) is 14.2 Å². The van der Waals surface area contributed by atoms with Crippen molar-refractivity contribution in [2.75, 3.05) is 33.2 Å². The first-order valence-corrected chi connectivity index (χ1v) is 19.1. The monoisotopic (exact) mass is 715 g/mol. The predicted molar refractivity (Wildman–Crippen MR) is 223 cm³/mol. The Hall–Kier alpha value is -5.23. The summed E-state index contributed by atoms with van der Waals surface area (Å²) in [4.78, 5) is 2.36. The Kier molecular flexibility index (Phi) is 9.20. The highest BCUT2D eigenvalue weighted by atomic mass is 16.7. The van der Waals surface area contributed by atoms with Crippen LogP contribution in [0.25, 0.3) is 21.5 Å². The molecule has 5 aromatic rings. The van der Waals surface area contributed by atoms with Crippen molar-refractivity contribution in [1.82, 2.24) is 0 Å². The quantitative estimate of drug-likeness (QED) is 0.118. The highest BCUT2D eigenvalue weighted by molar-refractivity contribution is 6.07. The van der Waals surface area contributed by atoms with Crippen LogP contribution in [0.1, 0.15) is 69.9 Å². The summed E-state index contributed by atoms with van der Waals surface area (Å²) in [6.07, 6.45) is 11.8. The molecular weight excluding hydrogens is 665 g/mol. The smallest absolute Gasteiger partial charge is 0.210 e. The molecular formula is C49H51N2O3+. The van der Waals surface area contributed by atoms with Crippen molar-refractivity contribution in [2.24, 2.45) is 0 Å². The van der Waals surface area contributed by atoms with Crippen molar-refractivity contribution < 1.29 is 18.8 Å². The summed E-state index contributed by atoms with van der Waals surface area (Å²) >= 11 is 0. The molecule has 0 spiro atoms. The summed E-state index contributed by atoms with van der Waals surface area (Å²) in [6.45, 7) is 9.40. The van der Waals surface area contributed by atoms with Crippen LogP contribution in [-0.2, 0) is 20.3 Å². The number of ether oxygens (including phenoxy) is 3. The van der Waals surface area contributed by atoms with Crippen molar-refractivity contribution in [3.8, 4) is 5.75 Å². The minimum Gasteiger partial charge on any atom is -0.457 e. The zero-order chi connectivity index (χ0) is 37.8. The molecule has 3 aliphatic rings. The van der Waals surface area contributed by atoms with Gasteiger partial charge < -0.3 is 19.1 Å². The Labute approximate surface area is 320 Å². The van der Waals surface area contributed by atoms with Gasteiger partial charge in [-0.25, -0.2) is 0 Å². The number of hydrogen-bond acceptors (Lipinski definition) is 4. The largest absolute Gasteiger partial charge is 0.457 e. The summed E-state index contributed by atoms with van der Waals surface area (Å²) in [7, 11) is 7.70. The number of methoxy groups -OCH3 is 2. The molecule has 0 bridgehead atoms. The fraction of sp³-hybridized carbons (Fsp3) is 0.286. The molecule has 0 saturated carbocycles. The first-order valence-electron chi connectivity index (χ1n) is 19.1. The highest BCUT2D eigenvalue weighted by Crippen LogP contribution is 2.50. The second kappa shape index (κ2) is 13.9. The minimum atomic E-state index is -0.424. The topological polar surface area (TPSA) is 33.9 Å². The zero-order valence-corrected chi connectivity index (χ0v) is 32.9. The number of anilines is 1. The number of benzene rings is 5. The molecule has 2 heterocycles. The molecule has 5 nitrogen and oxygen atoms in total. The van der Waals surface area contributed by atoms with Crippen LogP contribution < -0.4 is 9.64 Å². The van der Waals surface area contributed by atoms with E-state index in [1.807, 2.05) is 24.3 Å². The first kappa shape index (κ1) is 35.8. The normalized spacial score (nSPS) is 19.3. The number of hydrogen-bond donors (Lipinski definition) is 0. The maximum Gasteiger partial charge on any atom is 0.210 e. The number of nitrogens with zero attached hydrogens (tertiary/aromatic N) is 2. The lowest BCUT2D eigenvalue weighted by atomic mass is 9.78. The standard InChI is InChI=1S/C49H51N2O3/c1-48(2)42(50(5)40-28-22-32-14-9-11-18-38(32)44(40)48)30-24-34-16-13-17-35(46(34)54-37-26-20-36(21-27-37)47(52-7)53-8)25-31-43-49(3,4)45-39-19-12-10-15-33(39)23-29-41(45)51(43)6/h9-12,14-15,18-31,47H,13,16-17H2,1-8H3/q+1. The van der Waals surface area contributed by atoms with Crippen LogP contribution in [0.4, 0.5) is 11.4 Å². The molecule has 0 N–H and O–H groups in total. The van der Waals surface area contributed by atoms with Crippen molar-refractivity contribution in [3.05, 3.63) is 161 Å². The Morgan fingerprint density at radius 3 is 2.04 bits per heavy atom. The summed E-state index contributed by atoms with van der Waals surface area (Å²) < 4.78 is 20.3. The van der Waals surface area contributed by atoms with E-state index in [0.717, 1.165) is 36.3 Å². The van der Waals surface area contributed by atoms with Crippen molar-refractivity contribution in [1.29, 1.82) is 0 Å². The lowest BCUT2D eigenvalue weighted by Gasteiger charge is -2.25. The Morgan fingerprint density at radius 2 is 1.35 bits per heavy atom. The van der Waals surface area contributed by atoms with E-state index in [-0.39, 0.29) is 10.8 Å². The Bertz CT molecular complexity index is 2440. The van der Waals surface area contributed by atoms with Gasteiger partial charge in [-0.05, 0) is 108 Å². The average Bonchev–Trinajstić information content (AvgIpc) is 3.51. The summed E-state index contributed by atoms with van der Waals surface area (Å²) in [6, 6.07) is 34.6. The second-order valence-electron chi connectivity index (χ2n) is 15.9. The van der Waals surface area contributed by atoms with Crippen molar-refractivity contribution >= 4 is 38.6 Å². The van der Waals surface area contributed by atoms with E-state index in [1.54, 1.807) is 14.2 Å². The summed E-state index contributed by atoms with van der Waals surface area (Å²) in [5, 5.41) is 5.19. The van der Waals surface area contributed by atoms with E-state index >= 15 is 0 Å². The molecule has 0 fully saturated rings. The van der Waals surface area contributed by atoms with Crippen molar-refractivity contribution in [3.63, 3.8) is 0 Å². The number of rotatable bonds is 8. The molecule has 0 unspecified atom stereocenters. The summed E-state index contributed by atoms with van der Waals surface area (Å²) in [5.74, 6) is 1.72. The first-order chi connectivity index (χ1) is 26.0. The van der Waals surface area contributed by atoms with Gasteiger partial charge in [-0.2, -0.15) is 4.58 Å². The molecule has 0 radical (unpaired) electrons. The fourth-order valence-electron chi connectivity index (χ4n) is 9.28. The minimum absolute atomic E-state index is 0.173. The van der Waals surface area contributed by atoms with Crippen molar-refractivity contribution in [2.45, 2.75) is 64.1 Å². The fourth-order valence-corrected chi connectivity index (χ4v) is 9.28. The number of allylic oxidation sites excluding steroid dienone is 7. The van der Waals surface area contributed by atoms with Gasteiger partial charge in [-0.1, -0.05) is 86.7 Å². The zero-order valence-electron chi connectivity index (χ0n) is 32.9. The Balaban J connectivity index is 1.21. The maximum absolute atomic E-state index is 6.92. The summed E-state index contributed by atoms with van der Waals surface area (Å²) in [5.41, 5.74) is 10.8. The van der Waals surface area contributed by atoms with Gasteiger partial charge in [0.2, 0.25) is 5.69 Å². The molecule has 0 atom stereocenters. The van der Waals surface area contributed by atoms with E-state index in [0.29, 0.717) is 0 Å². The van der Waals surface area contributed by atoms with Gasteiger partial charge in [0.1, 0.15) is 18.6 Å². The van der Waals surface area contributed by atoms with E-state index in [1.165, 1.54) is 66.6 Å². The third-order valence-corrected chi connectivity index (χ3v) is 12.0. The lowest BCUT2D eigenvalue weighted by molar-refractivity contribution is -0.401. The lowest BCUT2D eigenvalue weighted by Crippen LogP contribution is -2.27. The SMILES string of the molecule is COC(OC)c1ccc(OC2=C(/C=C/C3=[N+](C)c4ccc5ccccc5c4C3(C)C)CCC/C2=C\C=C2\N(C)c3ccc4ccccc4c3C2(C)C)cc1. The van der Waals surface area contributed by atoms with Gasteiger partial charge in [0.15, 0.2) is 12.0 Å². The van der Waals surface area contributed by atoms with Crippen LogP contribution in [0, 0.1) is 0 Å².